The van der Waals surface area contributed by atoms with Crippen LogP contribution >= 0.6 is 0 Å². The third-order valence-corrected chi connectivity index (χ3v) is 7.58. The van der Waals surface area contributed by atoms with Crippen LogP contribution in [0.2, 0.25) is 0 Å². The fourth-order valence-electron chi connectivity index (χ4n) is 4.40. The Morgan fingerprint density at radius 2 is 1.59 bits per heavy atom. The maximum atomic E-state index is 12.9. The summed E-state index contributed by atoms with van der Waals surface area (Å²) >= 11 is 0. The normalized spacial score (nSPS) is 16.1. The molecule has 2 aromatic carbocycles. The molecule has 1 aliphatic heterocycles. The van der Waals surface area contributed by atoms with Crippen LogP contribution in [0.15, 0.2) is 53.4 Å². The maximum absolute atomic E-state index is 12.9. The number of nitrogens with one attached hydrogen (secondary N) is 2. The van der Waals surface area contributed by atoms with Crippen LogP contribution in [0.3, 0.4) is 0 Å². The second-order valence-electron chi connectivity index (χ2n) is 8.74. The highest BCUT2D eigenvalue weighted by molar-refractivity contribution is 7.92. The number of benzene rings is 2. The molecule has 5 rings (SSSR count). The molecular formula is C25H29N5O3S. The summed E-state index contributed by atoms with van der Waals surface area (Å²) in [4.78, 5) is 11.6. The van der Waals surface area contributed by atoms with Crippen molar-refractivity contribution in [3.8, 4) is 0 Å². The molecule has 1 aromatic heterocycles. The zero-order valence-electron chi connectivity index (χ0n) is 19.3. The van der Waals surface area contributed by atoms with E-state index in [1.807, 2.05) is 37.3 Å². The van der Waals surface area contributed by atoms with E-state index in [-0.39, 0.29) is 0 Å². The summed E-state index contributed by atoms with van der Waals surface area (Å²) in [6.07, 6.45) is 4.24. The number of aromatic nitrogens is 2. The summed E-state index contributed by atoms with van der Waals surface area (Å²) in [5.74, 6) is 1.37. The van der Waals surface area contributed by atoms with Crippen LogP contribution in [0, 0.1) is 6.92 Å². The molecule has 0 saturated carbocycles. The quantitative estimate of drug-likeness (QED) is 0.551. The molecule has 0 bridgehead atoms. The van der Waals surface area contributed by atoms with E-state index in [2.05, 4.69) is 24.9 Å². The fraction of sp³-hybridized carbons (Fsp3) is 0.360. The summed E-state index contributed by atoms with van der Waals surface area (Å²) in [5, 5.41) is 3.22. The number of hydrogen-bond donors (Lipinski definition) is 2. The van der Waals surface area contributed by atoms with Gasteiger partial charge in [-0.2, -0.15) is 4.98 Å². The number of nitrogens with zero attached hydrogens (tertiary/aromatic N) is 3. The lowest BCUT2D eigenvalue weighted by atomic mass is 9.92. The smallest absolute Gasteiger partial charge is 0.261 e. The first-order chi connectivity index (χ1) is 16.5. The van der Waals surface area contributed by atoms with E-state index < -0.39 is 10.0 Å². The molecule has 178 valence electrons. The molecule has 34 heavy (non-hydrogen) atoms. The van der Waals surface area contributed by atoms with Crippen LogP contribution in [0.25, 0.3) is 0 Å². The third-order valence-electron chi connectivity index (χ3n) is 6.20. The zero-order chi connectivity index (χ0) is 23.5. The molecule has 8 nitrogen and oxygen atoms in total. The average molecular weight is 480 g/mol. The highest BCUT2D eigenvalue weighted by Gasteiger charge is 2.18. The molecule has 2 aliphatic rings. The summed E-state index contributed by atoms with van der Waals surface area (Å²) < 4.78 is 34.0. The first kappa shape index (κ1) is 22.6. The molecule has 9 heteroatoms. The van der Waals surface area contributed by atoms with Gasteiger partial charge in [-0.3, -0.25) is 4.72 Å². The summed E-state index contributed by atoms with van der Waals surface area (Å²) in [6, 6.07) is 14.5. The zero-order valence-corrected chi connectivity index (χ0v) is 20.1. The van der Waals surface area contributed by atoms with Gasteiger partial charge in [0.05, 0.1) is 18.1 Å². The van der Waals surface area contributed by atoms with E-state index in [9.17, 15) is 8.42 Å². The average Bonchev–Trinajstić information content (AvgIpc) is 2.85. The van der Waals surface area contributed by atoms with Gasteiger partial charge in [0, 0.05) is 36.2 Å². The topological polar surface area (TPSA) is 96.5 Å². The molecule has 1 fully saturated rings. The lowest BCUT2D eigenvalue weighted by Crippen LogP contribution is -2.36. The minimum Gasteiger partial charge on any atom is -0.378 e. The van der Waals surface area contributed by atoms with Crippen molar-refractivity contribution in [2.45, 2.75) is 37.5 Å². The van der Waals surface area contributed by atoms with Gasteiger partial charge in [-0.05, 0) is 80.1 Å². The Morgan fingerprint density at radius 1 is 0.882 bits per heavy atom. The van der Waals surface area contributed by atoms with E-state index >= 15 is 0 Å². The Labute approximate surface area is 200 Å². The van der Waals surface area contributed by atoms with Gasteiger partial charge in [-0.15, -0.1) is 0 Å². The third kappa shape index (κ3) is 5.15. The molecule has 0 amide bonds. The number of anilines is 4. The molecule has 3 aromatic rings. The first-order valence-corrected chi connectivity index (χ1v) is 13.1. The van der Waals surface area contributed by atoms with Gasteiger partial charge in [-0.1, -0.05) is 6.07 Å². The van der Waals surface area contributed by atoms with E-state index in [1.54, 1.807) is 18.2 Å². The van der Waals surface area contributed by atoms with E-state index in [0.717, 1.165) is 55.1 Å². The van der Waals surface area contributed by atoms with Crippen molar-refractivity contribution in [1.82, 2.24) is 9.97 Å². The highest BCUT2D eigenvalue weighted by atomic mass is 32.2. The van der Waals surface area contributed by atoms with E-state index in [4.69, 9.17) is 4.74 Å². The maximum Gasteiger partial charge on any atom is 0.261 e. The van der Waals surface area contributed by atoms with Gasteiger partial charge >= 0.3 is 0 Å². The summed E-state index contributed by atoms with van der Waals surface area (Å²) in [6.45, 7) is 4.92. The summed E-state index contributed by atoms with van der Waals surface area (Å²) in [7, 11) is -3.65. The van der Waals surface area contributed by atoms with Crippen molar-refractivity contribution < 1.29 is 13.2 Å². The van der Waals surface area contributed by atoms with Gasteiger partial charge in [0.2, 0.25) is 5.95 Å². The van der Waals surface area contributed by atoms with Crippen molar-refractivity contribution in [1.29, 1.82) is 0 Å². The van der Waals surface area contributed by atoms with Gasteiger partial charge in [0.25, 0.3) is 10.0 Å². The largest absolute Gasteiger partial charge is 0.378 e. The van der Waals surface area contributed by atoms with Gasteiger partial charge in [0.1, 0.15) is 5.82 Å². The highest BCUT2D eigenvalue weighted by Crippen LogP contribution is 2.26. The Bertz CT molecular complexity index is 1270. The van der Waals surface area contributed by atoms with E-state index in [0.29, 0.717) is 29.7 Å². The number of morpholine rings is 1. The molecule has 2 N–H and O–H groups in total. The van der Waals surface area contributed by atoms with Crippen LogP contribution in [0.5, 0.6) is 0 Å². The number of sulfonamides is 1. The van der Waals surface area contributed by atoms with Crippen LogP contribution in [0.4, 0.5) is 23.1 Å². The van der Waals surface area contributed by atoms with Crippen LogP contribution in [-0.2, 0) is 27.6 Å². The second kappa shape index (κ2) is 9.60. The molecule has 1 saturated heterocycles. The van der Waals surface area contributed by atoms with Gasteiger partial charge in [-0.25, -0.2) is 13.4 Å². The molecular weight excluding hydrogens is 450 g/mol. The van der Waals surface area contributed by atoms with Crippen molar-refractivity contribution >= 4 is 33.2 Å². The van der Waals surface area contributed by atoms with Gasteiger partial charge < -0.3 is 15.0 Å². The Hall–Kier alpha value is -3.17. The van der Waals surface area contributed by atoms with E-state index in [1.165, 1.54) is 12.0 Å². The lowest BCUT2D eigenvalue weighted by Gasteiger charge is -2.28. The molecule has 1 aliphatic carbocycles. The number of rotatable bonds is 6. The van der Waals surface area contributed by atoms with Crippen molar-refractivity contribution in [3.63, 3.8) is 0 Å². The second-order valence-corrected chi connectivity index (χ2v) is 10.4. The summed E-state index contributed by atoms with van der Waals surface area (Å²) in [5.41, 5.74) is 4.55. The molecule has 0 unspecified atom stereocenters. The molecule has 0 spiro atoms. The van der Waals surface area contributed by atoms with Crippen molar-refractivity contribution in [2.75, 3.05) is 41.2 Å². The van der Waals surface area contributed by atoms with Crippen LogP contribution < -0.4 is 14.9 Å². The van der Waals surface area contributed by atoms with Crippen molar-refractivity contribution in [2.24, 2.45) is 0 Å². The minimum absolute atomic E-state index is 0.305. The molecule has 0 atom stereocenters. The molecule has 0 radical (unpaired) electrons. The minimum atomic E-state index is -3.65. The number of fused-ring (bicyclic) bond motifs is 1. The Morgan fingerprint density at radius 3 is 2.35 bits per heavy atom. The van der Waals surface area contributed by atoms with Crippen LogP contribution in [0.1, 0.15) is 29.7 Å². The number of hydrogen-bond acceptors (Lipinski definition) is 7. The Kier molecular flexibility index (Phi) is 6.38. The lowest BCUT2D eigenvalue weighted by molar-refractivity contribution is 0.122. The predicted octanol–water partition coefficient (Wildman–Crippen LogP) is 4.04. The van der Waals surface area contributed by atoms with Gasteiger partial charge in [0.15, 0.2) is 0 Å². The number of ether oxygens (including phenoxy) is 1. The standard InChI is InChI=1S/C25H29N5O3S/c1-18-16-24(30-12-14-33-15-13-30)28-25(26-18)27-21-7-9-22(10-8-21)29-34(31,32)23-11-6-19-4-2-3-5-20(19)17-23/h6-11,16-17,29H,2-5,12-15H2,1H3,(H,26,27,28). The predicted molar refractivity (Wildman–Crippen MR) is 133 cm³/mol. The Balaban J connectivity index is 1.28. The first-order valence-electron chi connectivity index (χ1n) is 11.7. The molecule has 2 heterocycles. The van der Waals surface area contributed by atoms with Crippen molar-refractivity contribution in [3.05, 3.63) is 65.4 Å². The van der Waals surface area contributed by atoms with Crippen LogP contribution in [-0.4, -0.2) is 44.7 Å². The SMILES string of the molecule is Cc1cc(N2CCOCC2)nc(Nc2ccc(NS(=O)(=O)c3ccc4c(c3)CCCC4)cc2)n1. The number of aryl methyl sites for hydroxylation is 3. The monoisotopic (exact) mass is 479 g/mol. The fourth-order valence-corrected chi connectivity index (χ4v) is 5.51.